The van der Waals surface area contributed by atoms with E-state index in [4.69, 9.17) is 16.3 Å². The third kappa shape index (κ3) is 5.45. The van der Waals surface area contributed by atoms with E-state index in [0.717, 1.165) is 11.6 Å². The Morgan fingerprint density at radius 1 is 1.12 bits per heavy atom. The van der Waals surface area contributed by atoms with Crippen molar-refractivity contribution in [2.75, 3.05) is 11.4 Å². The quantitative estimate of drug-likeness (QED) is 0.479. The Hall–Kier alpha value is -3.66. The molecule has 1 unspecified atom stereocenters. The number of anilines is 1. The van der Waals surface area contributed by atoms with Crippen LogP contribution in [0.2, 0.25) is 5.02 Å². The van der Waals surface area contributed by atoms with E-state index in [1.807, 2.05) is 0 Å². The summed E-state index contributed by atoms with van der Waals surface area (Å²) in [5.74, 6) is 0.292. The van der Waals surface area contributed by atoms with Crippen LogP contribution in [0.1, 0.15) is 11.1 Å². The molecule has 0 aliphatic carbocycles. The smallest absolute Gasteiger partial charge is 0.417 e. The van der Waals surface area contributed by atoms with Gasteiger partial charge in [-0.2, -0.15) is 13.2 Å². The number of halogens is 5. The first-order valence-corrected chi connectivity index (χ1v) is 10.4. The van der Waals surface area contributed by atoms with Crippen molar-refractivity contribution in [2.24, 2.45) is 4.99 Å². The molecule has 3 aromatic rings. The van der Waals surface area contributed by atoms with Gasteiger partial charge in [0.15, 0.2) is 5.82 Å². The summed E-state index contributed by atoms with van der Waals surface area (Å²) in [5.41, 5.74) is -0.193. The Labute approximate surface area is 196 Å². The minimum absolute atomic E-state index is 0.0124. The van der Waals surface area contributed by atoms with Gasteiger partial charge in [0.05, 0.1) is 23.5 Å². The van der Waals surface area contributed by atoms with Crippen molar-refractivity contribution in [3.63, 3.8) is 0 Å². The highest BCUT2D eigenvalue weighted by Gasteiger charge is 2.34. The number of alkyl halides is 3. The van der Waals surface area contributed by atoms with E-state index in [0.29, 0.717) is 17.7 Å². The van der Waals surface area contributed by atoms with Gasteiger partial charge in [-0.05, 0) is 48.0 Å². The van der Waals surface area contributed by atoms with Crippen molar-refractivity contribution < 1.29 is 27.1 Å². The second-order valence-corrected chi connectivity index (χ2v) is 7.76. The van der Waals surface area contributed by atoms with Crippen LogP contribution < -0.4 is 15.0 Å². The molecule has 11 heteroatoms. The number of carbonyl (C=O) groups is 1. The fourth-order valence-corrected chi connectivity index (χ4v) is 3.48. The van der Waals surface area contributed by atoms with Crippen LogP contribution in [-0.2, 0) is 17.5 Å². The summed E-state index contributed by atoms with van der Waals surface area (Å²) in [6.07, 6.45) is -2.59. The van der Waals surface area contributed by atoms with Crippen LogP contribution in [0.4, 0.5) is 23.4 Å². The van der Waals surface area contributed by atoms with Crippen molar-refractivity contribution >= 4 is 29.7 Å². The second-order valence-electron chi connectivity index (χ2n) is 7.35. The van der Waals surface area contributed by atoms with E-state index in [-0.39, 0.29) is 35.7 Å². The molecular weight excluding hydrogens is 476 g/mol. The number of nitrogens with one attached hydrogen (secondary N) is 1. The summed E-state index contributed by atoms with van der Waals surface area (Å²) in [6, 6.07) is 12.5. The molecule has 176 valence electrons. The number of ether oxygens (including phenoxy) is 1. The molecule has 0 bridgehead atoms. The number of aliphatic imine (C=N–C) groups is 1. The monoisotopic (exact) mass is 492 g/mol. The molecule has 1 aromatic heterocycles. The summed E-state index contributed by atoms with van der Waals surface area (Å²) in [5, 5.41) is 2.54. The van der Waals surface area contributed by atoms with Crippen molar-refractivity contribution in [1.29, 1.82) is 0 Å². The lowest BCUT2D eigenvalue weighted by Gasteiger charge is -2.23. The Morgan fingerprint density at radius 2 is 1.76 bits per heavy atom. The number of carbonyl (C=O) groups excluding carboxylic acids is 1. The predicted molar refractivity (Wildman–Crippen MR) is 119 cm³/mol. The number of hydrogen-bond donors (Lipinski definition) is 1. The van der Waals surface area contributed by atoms with Crippen molar-refractivity contribution in [3.8, 4) is 11.5 Å². The minimum atomic E-state index is -4.58. The summed E-state index contributed by atoms with van der Waals surface area (Å²) in [4.78, 5) is 21.9. The lowest BCUT2D eigenvalue weighted by atomic mass is 10.2. The zero-order valence-corrected chi connectivity index (χ0v) is 18.1. The normalized spacial score (nSPS) is 15.4. The largest absolute Gasteiger partial charge is 0.457 e. The molecule has 0 radical (unpaired) electrons. The average Bonchev–Trinajstić information content (AvgIpc) is 3.29. The van der Waals surface area contributed by atoms with Crippen molar-refractivity contribution in [3.05, 3.63) is 82.8 Å². The van der Waals surface area contributed by atoms with Gasteiger partial charge in [0.1, 0.15) is 23.4 Å². The molecule has 2 aromatic carbocycles. The number of amides is 1. The highest BCUT2D eigenvalue weighted by atomic mass is 35.5. The van der Waals surface area contributed by atoms with Gasteiger partial charge >= 0.3 is 6.18 Å². The van der Waals surface area contributed by atoms with E-state index >= 15 is 0 Å². The predicted octanol–water partition coefficient (Wildman–Crippen LogP) is 5.22. The van der Waals surface area contributed by atoms with Gasteiger partial charge in [0, 0.05) is 12.7 Å². The van der Waals surface area contributed by atoms with Gasteiger partial charge in [-0.1, -0.05) is 23.7 Å². The molecule has 4 rings (SSSR count). The molecule has 2 heterocycles. The first kappa shape index (κ1) is 23.5. The zero-order valence-electron chi connectivity index (χ0n) is 17.4. The number of nitrogens with zero attached hydrogens (tertiary/aromatic N) is 3. The fraction of sp³-hybridized carbons (Fsp3) is 0.174. The van der Waals surface area contributed by atoms with Crippen LogP contribution in [0.3, 0.4) is 0 Å². The first-order chi connectivity index (χ1) is 16.2. The number of aromatic nitrogens is 1. The van der Waals surface area contributed by atoms with Gasteiger partial charge in [-0.3, -0.25) is 9.79 Å². The maximum Gasteiger partial charge on any atom is 0.417 e. The number of benzene rings is 2. The molecule has 34 heavy (non-hydrogen) atoms. The van der Waals surface area contributed by atoms with Crippen molar-refractivity contribution in [2.45, 2.75) is 18.8 Å². The molecule has 0 fully saturated rings. The number of hydrogen-bond acceptors (Lipinski definition) is 5. The van der Waals surface area contributed by atoms with Crippen LogP contribution >= 0.6 is 11.6 Å². The van der Waals surface area contributed by atoms with E-state index in [9.17, 15) is 22.4 Å². The van der Waals surface area contributed by atoms with Gasteiger partial charge in [0.2, 0.25) is 5.91 Å². The topological polar surface area (TPSA) is 66.8 Å². The Kier molecular flexibility index (Phi) is 6.69. The summed E-state index contributed by atoms with van der Waals surface area (Å²) < 4.78 is 57.2. The van der Waals surface area contributed by atoms with Crippen LogP contribution in [0.15, 0.2) is 65.8 Å². The van der Waals surface area contributed by atoms with Crippen LogP contribution in [0.5, 0.6) is 11.5 Å². The SMILES string of the molecule is O=C(NCc1ccc(Oc2ccc(F)cc2)cc1)C1CN=CN1c1ncc(C(F)(F)F)cc1Cl. The van der Waals surface area contributed by atoms with Gasteiger partial charge in [-0.25, -0.2) is 9.37 Å². The van der Waals surface area contributed by atoms with Gasteiger partial charge in [-0.15, -0.1) is 0 Å². The second kappa shape index (κ2) is 9.68. The van der Waals surface area contributed by atoms with E-state index in [1.54, 1.807) is 24.3 Å². The van der Waals surface area contributed by atoms with Crippen LogP contribution in [0, 0.1) is 5.82 Å². The molecule has 1 aliphatic rings. The summed E-state index contributed by atoms with van der Waals surface area (Å²) >= 11 is 6.01. The van der Waals surface area contributed by atoms with E-state index < -0.39 is 17.8 Å². The fourth-order valence-electron chi connectivity index (χ4n) is 3.21. The third-order valence-corrected chi connectivity index (χ3v) is 5.23. The number of pyridine rings is 1. The lowest BCUT2D eigenvalue weighted by molar-refractivity contribution is -0.137. The molecule has 1 aliphatic heterocycles. The van der Waals surface area contributed by atoms with Gasteiger partial charge in [0.25, 0.3) is 0 Å². The maximum atomic E-state index is 13.0. The molecule has 6 nitrogen and oxygen atoms in total. The molecule has 1 atom stereocenters. The minimum Gasteiger partial charge on any atom is -0.457 e. The third-order valence-electron chi connectivity index (χ3n) is 4.96. The number of rotatable bonds is 6. The Balaban J connectivity index is 1.36. The molecular formula is C23H17ClF4N4O2. The molecule has 1 N–H and O–H groups in total. The first-order valence-electron chi connectivity index (χ1n) is 10.0. The van der Waals surface area contributed by atoms with E-state index in [1.165, 1.54) is 35.5 Å². The molecule has 0 saturated carbocycles. The highest BCUT2D eigenvalue weighted by Crippen LogP contribution is 2.34. The lowest BCUT2D eigenvalue weighted by Crippen LogP contribution is -2.45. The summed E-state index contributed by atoms with van der Waals surface area (Å²) in [6.45, 7) is 0.309. The highest BCUT2D eigenvalue weighted by molar-refractivity contribution is 6.33. The van der Waals surface area contributed by atoms with Crippen LogP contribution in [-0.4, -0.2) is 29.8 Å². The maximum absolute atomic E-state index is 13.0. The average molecular weight is 493 g/mol. The Morgan fingerprint density at radius 3 is 2.38 bits per heavy atom. The van der Waals surface area contributed by atoms with Crippen LogP contribution in [0.25, 0.3) is 0 Å². The standard InChI is InChI=1S/C23H17ClF4N4O2/c24-19-9-15(23(26,27)28)11-30-21(19)32-13-29-12-20(32)22(33)31-10-14-1-5-17(6-2-14)34-18-7-3-16(25)4-8-18/h1-9,11,13,20H,10,12H2,(H,31,33). The zero-order chi connectivity index (χ0) is 24.3. The van der Waals surface area contributed by atoms with Gasteiger partial charge < -0.3 is 15.0 Å². The molecule has 0 saturated heterocycles. The van der Waals surface area contributed by atoms with E-state index in [2.05, 4.69) is 15.3 Å². The van der Waals surface area contributed by atoms with Crippen molar-refractivity contribution in [1.82, 2.24) is 10.3 Å². The molecule has 0 spiro atoms. The Bertz CT molecular complexity index is 1200. The molecule has 1 amide bonds. The summed E-state index contributed by atoms with van der Waals surface area (Å²) in [7, 11) is 0.